The number of hydrogen-bond donors (Lipinski definition) is 0. The molecule has 0 aromatic rings. The molecule has 2 atom stereocenters. The van der Waals surface area contributed by atoms with Crippen LogP contribution in [0.15, 0.2) is 0 Å². The van der Waals surface area contributed by atoms with Gasteiger partial charge in [0.2, 0.25) is 0 Å². The van der Waals surface area contributed by atoms with Gasteiger partial charge in [0.05, 0.1) is 7.11 Å². The molecule has 0 radical (unpaired) electrons. The molecular weight excluding hydrogens is 116 g/mol. The van der Waals surface area contributed by atoms with Crippen LogP contribution in [0, 0.1) is 11.8 Å². The van der Waals surface area contributed by atoms with E-state index >= 15 is 0 Å². The third-order valence-electron chi connectivity index (χ3n) is 1.93. The Labute approximate surface area is 55.2 Å². The lowest BCUT2D eigenvalue weighted by Crippen LogP contribution is -2.00. The summed E-state index contributed by atoms with van der Waals surface area (Å²) >= 11 is 0. The lowest BCUT2D eigenvalue weighted by molar-refractivity contribution is -0.141. The standard InChI is InChI=1S/C7H12O2/c1-5-3-6(5)4-7(8)9-2/h5-6H,3-4H2,1-2H3. The van der Waals surface area contributed by atoms with Gasteiger partial charge in [0.15, 0.2) is 0 Å². The van der Waals surface area contributed by atoms with Crippen molar-refractivity contribution < 1.29 is 9.53 Å². The average molecular weight is 128 g/mol. The zero-order chi connectivity index (χ0) is 6.85. The molecule has 2 heteroatoms. The summed E-state index contributed by atoms with van der Waals surface area (Å²) in [5.41, 5.74) is 0. The summed E-state index contributed by atoms with van der Waals surface area (Å²) in [7, 11) is 1.44. The molecule has 1 saturated carbocycles. The number of esters is 1. The van der Waals surface area contributed by atoms with Gasteiger partial charge in [0.25, 0.3) is 0 Å². The van der Waals surface area contributed by atoms with Crippen LogP contribution in [0.1, 0.15) is 19.8 Å². The molecule has 0 N–H and O–H groups in total. The summed E-state index contributed by atoms with van der Waals surface area (Å²) in [5.74, 6) is 1.31. The second kappa shape index (κ2) is 2.38. The molecule has 0 aromatic heterocycles. The van der Waals surface area contributed by atoms with Crippen molar-refractivity contribution in [3.63, 3.8) is 0 Å². The van der Waals surface area contributed by atoms with Gasteiger partial charge < -0.3 is 4.74 Å². The Hall–Kier alpha value is -0.530. The van der Waals surface area contributed by atoms with E-state index in [2.05, 4.69) is 11.7 Å². The highest BCUT2D eigenvalue weighted by molar-refractivity contribution is 5.69. The molecule has 1 fully saturated rings. The quantitative estimate of drug-likeness (QED) is 0.522. The first-order chi connectivity index (χ1) is 4.24. The molecule has 1 rings (SSSR count). The van der Waals surface area contributed by atoms with Crippen molar-refractivity contribution in [3.8, 4) is 0 Å². The van der Waals surface area contributed by atoms with Crippen LogP contribution in [0.2, 0.25) is 0 Å². The predicted octanol–water partition coefficient (Wildman–Crippen LogP) is 1.21. The first-order valence-electron chi connectivity index (χ1n) is 3.31. The fourth-order valence-electron chi connectivity index (χ4n) is 0.981. The van der Waals surface area contributed by atoms with Gasteiger partial charge in [0.1, 0.15) is 0 Å². The van der Waals surface area contributed by atoms with E-state index in [1.807, 2.05) is 0 Å². The highest BCUT2D eigenvalue weighted by atomic mass is 16.5. The summed E-state index contributed by atoms with van der Waals surface area (Å²) < 4.78 is 4.51. The van der Waals surface area contributed by atoms with Crippen molar-refractivity contribution in [3.05, 3.63) is 0 Å². The van der Waals surface area contributed by atoms with Crippen LogP contribution in [0.5, 0.6) is 0 Å². The van der Waals surface area contributed by atoms with E-state index in [0.29, 0.717) is 12.3 Å². The molecule has 0 spiro atoms. The van der Waals surface area contributed by atoms with Gasteiger partial charge in [-0.05, 0) is 18.3 Å². The highest BCUT2D eigenvalue weighted by Crippen LogP contribution is 2.40. The fraction of sp³-hybridized carbons (Fsp3) is 0.857. The topological polar surface area (TPSA) is 26.3 Å². The van der Waals surface area contributed by atoms with Crippen LogP contribution >= 0.6 is 0 Å². The Kier molecular flexibility index (Phi) is 1.74. The lowest BCUT2D eigenvalue weighted by Gasteiger charge is -1.94. The maximum atomic E-state index is 10.6. The summed E-state index contributed by atoms with van der Waals surface area (Å²) in [6.07, 6.45) is 1.83. The number of carbonyl (C=O) groups is 1. The van der Waals surface area contributed by atoms with Crippen LogP contribution < -0.4 is 0 Å². The summed E-state index contributed by atoms with van der Waals surface area (Å²) in [5, 5.41) is 0. The first-order valence-corrected chi connectivity index (χ1v) is 3.31. The Bertz CT molecular complexity index is 120. The third kappa shape index (κ3) is 1.70. The summed E-state index contributed by atoms with van der Waals surface area (Å²) in [6, 6.07) is 0. The van der Waals surface area contributed by atoms with Gasteiger partial charge in [-0.25, -0.2) is 0 Å². The third-order valence-corrected chi connectivity index (χ3v) is 1.93. The zero-order valence-corrected chi connectivity index (χ0v) is 5.89. The van der Waals surface area contributed by atoms with E-state index in [-0.39, 0.29) is 5.97 Å². The minimum absolute atomic E-state index is 0.0654. The predicted molar refractivity (Wildman–Crippen MR) is 33.9 cm³/mol. The normalized spacial score (nSPS) is 31.8. The van der Waals surface area contributed by atoms with Crippen LogP contribution in [0.3, 0.4) is 0 Å². The zero-order valence-electron chi connectivity index (χ0n) is 5.89. The molecule has 2 unspecified atom stereocenters. The molecule has 1 aliphatic carbocycles. The molecule has 52 valence electrons. The number of hydrogen-bond acceptors (Lipinski definition) is 2. The van der Waals surface area contributed by atoms with Gasteiger partial charge in [-0.1, -0.05) is 6.92 Å². The SMILES string of the molecule is COC(=O)CC1CC1C. The maximum absolute atomic E-state index is 10.6. The van der Waals surface area contributed by atoms with Crippen molar-refractivity contribution in [2.45, 2.75) is 19.8 Å². The van der Waals surface area contributed by atoms with E-state index in [4.69, 9.17) is 0 Å². The minimum Gasteiger partial charge on any atom is -0.469 e. The van der Waals surface area contributed by atoms with Crippen LogP contribution in [-0.2, 0) is 9.53 Å². The fourth-order valence-corrected chi connectivity index (χ4v) is 0.981. The van der Waals surface area contributed by atoms with Crippen LogP contribution in [-0.4, -0.2) is 13.1 Å². The Morgan fingerprint density at radius 2 is 2.33 bits per heavy atom. The molecule has 9 heavy (non-hydrogen) atoms. The lowest BCUT2D eigenvalue weighted by atomic mass is 10.2. The van der Waals surface area contributed by atoms with Gasteiger partial charge in [-0.15, -0.1) is 0 Å². The Balaban J connectivity index is 2.12. The maximum Gasteiger partial charge on any atom is 0.305 e. The molecule has 1 aliphatic rings. The van der Waals surface area contributed by atoms with E-state index in [9.17, 15) is 4.79 Å². The van der Waals surface area contributed by atoms with Gasteiger partial charge in [0, 0.05) is 6.42 Å². The second-order valence-electron chi connectivity index (χ2n) is 2.75. The van der Waals surface area contributed by atoms with Crippen LogP contribution in [0.4, 0.5) is 0 Å². The van der Waals surface area contributed by atoms with Crippen molar-refractivity contribution in [2.24, 2.45) is 11.8 Å². The minimum atomic E-state index is -0.0654. The highest BCUT2D eigenvalue weighted by Gasteiger charge is 2.34. The largest absolute Gasteiger partial charge is 0.469 e. The number of methoxy groups -OCH3 is 1. The Morgan fingerprint density at radius 3 is 2.67 bits per heavy atom. The van der Waals surface area contributed by atoms with Crippen molar-refractivity contribution in [1.29, 1.82) is 0 Å². The number of ether oxygens (including phenoxy) is 1. The molecular formula is C7H12O2. The number of rotatable bonds is 2. The van der Waals surface area contributed by atoms with Crippen molar-refractivity contribution in [1.82, 2.24) is 0 Å². The van der Waals surface area contributed by atoms with Gasteiger partial charge in [-0.2, -0.15) is 0 Å². The monoisotopic (exact) mass is 128 g/mol. The van der Waals surface area contributed by atoms with Crippen molar-refractivity contribution >= 4 is 5.97 Å². The van der Waals surface area contributed by atoms with Gasteiger partial charge >= 0.3 is 5.97 Å². The Morgan fingerprint density at radius 1 is 1.78 bits per heavy atom. The number of carbonyl (C=O) groups excluding carboxylic acids is 1. The van der Waals surface area contributed by atoms with E-state index < -0.39 is 0 Å². The average Bonchev–Trinajstić information content (AvgIpc) is 2.47. The van der Waals surface area contributed by atoms with E-state index in [0.717, 1.165) is 5.92 Å². The second-order valence-corrected chi connectivity index (χ2v) is 2.75. The van der Waals surface area contributed by atoms with Crippen LogP contribution in [0.25, 0.3) is 0 Å². The molecule has 0 bridgehead atoms. The molecule has 0 saturated heterocycles. The van der Waals surface area contributed by atoms with Crippen molar-refractivity contribution in [2.75, 3.05) is 7.11 Å². The van der Waals surface area contributed by atoms with E-state index in [1.165, 1.54) is 13.5 Å². The molecule has 2 nitrogen and oxygen atoms in total. The molecule has 0 heterocycles. The first kappa shape index (κ1) is 6.59. The smallest absolute Gasteiger partial charge is 0.305 e. The van der Waals surface area contributed by atoms with E-state index in [1.54, 1.807) is 0 Å². The summed E-state index contributed by atoms with van der Waals surface area (Å²) in [4.78, 5) is 10.6. The molecule has 0 aromatic carbocycles. The summed E-state index contributed by atoms with van der Waals surface area (Å²) in [6.45, 7) is 2.16. The molecule has 0 amide bonds. The molecule has 0 aliphatic heterocycles. The van der Waals surface area contributed by atoms with Gasteiger partial charge in [-0.3, -0.25) is 4.79 Å².